The molecule has 1 saturated carbocycles. The molecule has 0 atom stereocenters. The standard InChI is InChI=1S/C20H20N4O2S/c1-24(16-9-11-17(26-2)12-10-16)20-23-22-19(27-20)14-5-7-15(8-6-14)21-18(25)13-3-4-13/h5-13H,3-4H2,1-2H3,(H,21,25). The molecule has 7 heteroatoms. The second-order valence-corrected chi connectivity index (χ2v) is 7.44. The highest BCUT2D eigenvalue weighted by Crippen LogP contribution is 2.33. The second-order valence-electron chi connectivity index (χ2n) is 6.49. The number of aromatic nitrogens is 2. The van der Waals surface area contributed by atoms with E-state index in [1.165, 1.54) is 11.3 Å². The van der Waals surface area contributed by atoms with Gasteiger partial charge < -0.3 is 15.0 Å². The van der Waals surface area contributed by atoms with Crippen LogP contribution in [-0.4, -0.2) is 30.3 Å². The number of nitrogens with one attached hydrogen (secondary N) is 1. The van der Waals surface area contributed by atoms with Crippen LogP contribution >= 0.6 is 11.3 Å². The van der Waals surface area contributed by atoms with Crippen LogP contribution in [0, 0.1) is 5.92 Å². The number of hydrogen-bond acceptors (Lipinski definition) is 6. The Labute approximate surface area is 161 Å². The molecule has 1 aliphatic rings. The van der Waals surface area contributed by atoms with Crippen molar-refractivity contribution in [3.8, 4) is 16.3 Å². The Morgan fingerprint density at radius 1 is 1.11 bits per heavy atom. The van der Waals surface area contributed by atoms with Crippen molar-refractivity contribution in [2.75, 3.05) is 24.4 Å². The van der Waals surface area contributed by atoms with Gasteiger partial charge >= 0.3 is 0 Å². The molecule has 1 N–H and O–H groups in total. The smallest absolute Gasteiger partial charge is 0.227 e. The van der Waals surface area contributed by atoms with Gasteiger partial charge in [-0.2, -0.15) is 0 Å². The van der Waals surface area contributed by atoms with Crippen molar-refractivity contribution in [1.82, 2.24) is 10.2 Å². The first kappa shape index (κ1) is 17.5. The van der Waals surface area contributed by atoms with Crippen molar-refractivity contribution < 1.29 is 9.53 Å². The summed E-state index contributed by atoms with van der Waals surface area (Å²) in [7, 11) is 3.61. The van der Waals surface area contributed by atoms with Gasteiger partial charge in [0.15, 0.2) is 0 Å². The molecule has 6 nitrogen and oxygen atoms in total. The molecule has 1 aromatic heterocycles. The van der Waals surface area contributed by atoms with Crippen molar-refractivity contribution in [2.24, 2.45) is 5.92 Å². The minimum Gasteiger partial charge on any atom is -0.497 e. The van der Waals surface area contributed by atoms with Crippen LogP contribution in [0.1, 0.15) is 12.8 Å². The van der Waals surface area contributed by atoms with Gasteiger partial charge in [-0.15, -0.1) is 10.2 Å². The second kappa shape index (κ2) is 7.36. The molecule has 0 radical (unpaired) electrons. The third-order valence-electron chi connectivity index (χ3n) is 4.51. The van der Waals surface area contributed by atoms with Crippen LogP contribution in [-0.2, 0) is 4.79 Å². The molecular formula is C20H20N4O2S. The number of benzene rings is 2. The number of nitrogens with zero attached hydrogens (tertiary/aromatic N) is 3. The summed E-state index contributed by atoms with van der Waals surface area (Å²) in [5, 5.41) is 13.2. The van der Waals surface area contributed by atoms with Gasteiger partial charge in [0.25, 0.3) is 0 Å². The molecular weight excluding hydrogens is 360 g/mol. The highest BCUT2D eigenvalue weighted by Gasteiger charge is 2.29. The van der Waals surface area contributed by atoms with Crippen LogP contribution in [0.25, 0.3) is 10.6 Å². The first-order valence-electron chi connectivity index (χ1n) is 8.76. The van der Waals surface area contributed by atoms with Crippen LogP contribution in [0.2, 0.25) is 0 Å². The molecule has 1 aliphatic carbocycles. The van der Waals surface area contributed by atoms with Crippen LogP contribution in [0.15, 0.2) is 48.5 Å². The largest absolute Gasteiger partial charge is 0.497 e. The summed E-state index contributed by atoms with van der Waals surface area (Å²) in [6, 6.07) is 15.5. The van der Waals surface area contributed by atoms with Gasteiger partial charge in [-0.1, -0.05) is 11.3 Å². The Morgan fingerprint density at radius 2 is 1.81 bits per heavy atom. The minimum absolute atomic E-state index is 0.113. The Morgan fingerprint density at radius 3 is 2.44 bits per heavy atom. The molecule has 1 heterocycles. The number of rotatable bonds is 6. The lowest BCUT2D eigenvalue weighted by molar-refractivity contribution is -0.117. The van der Waals surface area contributed by atoms with E-state index in [1.807, 2.05) is 60.5 Å². The molecule has 0 spiro atoms. The lowest BCUT2D eigenvalue weighted by atomic mass is 10.2. The van der Waals surface area contributed by atoms with Gasteiger partial charge in [0.1, 0.15) is 10.8 Å². The molecule has 0 unspecified atom stereocenters. The predicted molar refractivity (Wildman–Crippen MR) is 108 cm³/mol. The van der Waals surface area contributed by atoms with Crippen molar-refractivity contribution in [2.45, 2.75) is 12.8 Å². The zero-order valence-corrected chi connectivity index (χ0v) is 16.0. The lowest BCUT2D eigenvalue weighted by Crippen LogP contribution is -2.12. The van der Waals surface area contributed by atoms with Crippen molar-refractivity contribution in [1.29, 1.82) is 0 Å². The maximum absolute atomic E-state index is 11.8. The van der Waals surface area contributed by atoms with Gasteiger partial charge in [-0.25, -0.2) is 0 Å². The van der Waals surface area contributed by atoms with Gasteiger partial charge in [0, 0.05) is 29.9 Å². The van der Waals surface area contributed by atoms with Crippen molar-refractivity contribution >= 4 is 33.8 Å². The third-order valence-corrected chi connectivity index (χ3v) is 5.56. The molecule has 0 saturated heterocycles. The number of carbonyl (C=O) groups is 1. The zero-order chi connectivity index (χ0) is 18.8. The Hall–Kier alpha value is -2.93. The quantitative estimate of drug-likeness (QED) is 0.689. The fraction of sp³-hybridized carbons (Fsp3) is 0.250. The summed E-state index contributed by atoms with van der Waals surface area (Å²) >= 11 is 1.52. The summed E-state index contributed by atoms with van der Waals surface area (Å²) in [6.45, 7) is 0. The molecule has 4 rings (SSSR count). The molecule has 3 aromatic rings. The first-order chi connectivity index (χ1) is 13.1. The zero-order valence-electron chi connectivity index (χ0n) is 15.2. The van der Waals surface area contributed by atoms with E-state index < -0.39 is 0 Å². The van der Waals surface area contributed by atoms with Crippen LogP contribution in [0.3, 0.4) is 0 Å². The summed E-state index contributed by atoms with van der Waals surface area (Å²) < 4.78 is 5.20. The Bertz CT molecular complexity index is 933. The Kier molecular flexibility index (Phi) is 4.77. The number of methoxy groups -OCH3 is 1. The van der Waals surface area contributed by atoms with Gasteiger partial charge in [0.2, 0.25) is 11.0 Å². The van der Waals surface area contributed by atoms with E-state index in [0.717, 1.165) is 45.7 Å². The minimum atomic E-state index is 0.113. The van der Waals surface area contributed by atoms with Crippen LogP contribution < -0.4 is 15.0 Å². The van der Waals surface area contributed by atoms with E-state index in [2.05, 4.69) is 15.5 Å². The number of carbonyl (C=O) groups excluding carboxylic acids is 1. The number of anilines is 3. The van der Waals surface area contributed by atoms with E-state index in [4.69, 9.17) is 4.74 Å². The molecule has 27 heavy (non-hydrogen) atoms. The highest BCUT2D eigenvalue weighted by atomic mass is 32.1. The summed E-state index contributed by atoms with van der Waals surface area (Å²) in [5.41, 5.74) is 2.80. The number of ether oxygens (including phenoxy) is 1. The molecule has 1 amide bonds. The monoisotopic (exact) mass is 380 g/mol. The van der Waals surface area contributed by atoms with Gasteiger partial charge in [-0.3, -0.25) is 4.79 Å². The van der Waals surface area contributed by atoms with Gasteiger partial charge in [-0.05, 0) is 61.4 Å². The van der Waals surface area contributed by atoms with Crippen molar-refractivity contribution in [3.63, 3.8) is 0 Å². The predicted octanol–water partition coefficient (Wildman–Crippen LogP) is 4.33. The number of amides is 1. The first-order valence-corrected chi connectivity index (χ1v) is 9.58. The van der Waals surface area contributed by atoms with E-state index in [0.29, 0.717) is 0 Å². The van der Waals surface area contributed by atoms with E-state index >= 15 is 0 Å². The summed E-state index contributed by atoms with van der Waals surface area (Å²) in [4.78, 5) is 13.8. The SMILES string of the molecule is COc1ccc(N(C)c2nnc(-c3ccc(NC(=O)C4CC4)cc3)s2)cc1. The highest BCUT2D eigenvalue weighted by molar-refractivity contribution is 7.18. The van der Waals surface area contributed by atoms with E-state index in [-0.39, 0.29) is 11.8 Å². The maximum atomic E-state index is 11.8. The topological polar surface area (TPSA) is 67.3 Å². The molecule has 1 fully saturated rings. The number of hydrogen-bond donors (Lipinski definition) is 1. The fourth-order valence-electron chi connectivity index (χ4n) is 2.67. The molecule has 0 aliphatic heterocycles. The average molecular weight is 380 g/mol. The normalized spacial score (nSPS) is 13.3. The van der Waals surface area contributed by atoms with E-state index in [1.54, 1.807) is 7.11 Å². The van der Waals surface area contributed by atoms with Crippen LogP contribution in [0.5, 0.6) is 5.75 Å². The van der Waals surface area contributed by atoms with Crippen molar-refractivity contribution in [3.05, 3.63) is 48.5 Å². The summed E-state index contributed by atoms with van der Waals surface area (Å²) in [6.07, 6.45) is 2.00. The maximum Gasteiger partial charge on any atom is 0.227 e. The lowest BCUT2D eigenvalue weighted by Gasteiger charge is -2.15. The fourth-order valence-corrected chi connectivity index (χ4v) is 3.50. The molecule has 2 aromatic carbocycles. The van der Waals surface area contributed by atoms with Gasteiger partial charge in [0.05, 0.1) is 7.11 Å². The third kappa shape index (κ3) is 3.93. The average Bonchev–Trinajstić information content (AvgIpc) is 3.45. The Balaban J connectivity index is 1.47. The molecule has 0 bridgehead atoms. The molecule has 138 valence electrons. The summed E-state index contributed by atoms with van der Waals surface area (Å²) in [5.74, 6) is 1.13. The van der Waals surface area contributed by atoms with Crippen LogP contribution in [0.4, 0.5) is 16.5 Å². The van der Waals surface area contributed by atoms with E-state index in [9.17, 15) is 4.79 Å².